The van der Waals surface area contributed by atoms with Crippen molar-refractivity contribution in [3.05, 3.63) is 23.8 Å². The average molecular weight is 251 g/mol. The van der Waals surface area contributed by atoms with Gasteiger partial charge in [0.2, 0.25) is 0 Å². The van der Waals surface area contributed by atoms with Gasteiger partial charge in [-0.05, 0) is 37.1 Å². The van der Waals surface area contributed by atoms with Gasteiger partial charge in [0, 0.05) is 6.54 Å². The van der Waals surface area contributed by atoms with Crippen molar-refractivity contribution in [2.24, 2.45) is 0 Å². The molecule has 1 aromatic carbocycles. The van der Waals surface area contributed by atoms with Gasteiger partial charge in [0.25, 0.3) is 0 Å². The lowest BCUT2D eigenvalue weighted by molar-refractivity contribution is 0.159. The van der Waals surface area contributed by atoms with Crippen molar-refractivity contribution in [2.75, 3.05) is 19.8 Å². The monoisotopic (exact) mass is 251 g/mol. The second kappa shape index (κ2) is 6.61. The molecular formula is C14H21NO3. The van der Waals surface area contributed by atoms with E-state index < -0.39 is 0 Å². The minimum Gasteiger partial charge on any atom is -0.486 e. The van der Waals surface area contributed by atoms with Gasteiger partial charge in [-0.15, -0.1) is 0 Å². The Balaban J connectivity index is 1.79. The molecule has 0 radical (unpaired) electrons. The number of benzene rings is 1. The number of hydrogen-bond donors (Lipinski definition) is 2. The topological polar surface area (TPSA) is 50.7 Å². The molecular weight excluding hydrogens is 230 g/mol. The Hall–Kier alpha value is -1.26. The molecule has 0 bridgehead atoms. The van der Waals surface area contributed by atoms with E-state index in [1.165, 1.54) is 5.56 Å². The second-order valence-electron chi connectivity index (χ2n) is 4.51. The summed E-state index contributed by atoms with van der Waals surface area (Å²) in [5.41, 5.74) is 1.17. The van der Waals surface area contributed by atoms with Crippen LogP contribution in [0.3, 0.4) is 0 Å². The number of ether oxygens (including phenoxy) is 2. The van der Waals surface area contributed by atoms with E-state index in [0.717, 1.165) is 37.4 Å². The quantitative estimate of drug-likeness (QED) is 0.756. The van der Waals surface area contributed by atoms with E-state index in [1.807, 2.05) is 25.1 Å². The van der Waals surface area contributed by atoms with Crippen LogP contribution in [0.4, 0.5) is 0 Å². The highest BCUT2D eigenvalue weighted by molar-refractivity contribution is 5.43. The van der Waals surface area contributed by atoms with Crippen LogP contribution in [0.1, 0.15) is 25.3 Å². The molecule has 0 saturated carbocycles. The van der Waals surface area contributed by atoms with Gasteiger partial charge in [0.05, 0.1) is 6.10 Å². The van der Waals surface area contributed by atoms with Gasteiger partial charge in [-0.1, -0.05) is 13.0 Å². The van der Waals surface area contributed by atoms with Crippen LogP contribution in [-0.4, -0.2) is 31.0 Å². The first-order valence-electron chi connectivity index (χ1n) is 6.57. The zero-order chi connectivity index (χ0) is 12.8. The second-order valence-corrected chi connectivity index (χ2v) is 4.51. The zero-order valence-corrected chi connectivity index (χ0v) is 10.8. The highest BCUT2D eigenvalue weighted by Crippen LogP contribution is 2.30. The first kappa shape index (κ1) is 13.2. The van der Waals surface area contributed by atoms with Crippen molar-refractivity contribution in [1.82, 2.24) is 5.32 Å². The lowest BCUT2D eigenvalue weighted by Crippen LogP contribution is -2.20. The van der Waals surface area contributed by atoms with Gasteiger partial charge in [0.15, 0.2) is 11.5 Å². The van der Waals surface area contributed by atoms with E-state index in [-0.39, 0.29) is 6.10 Å². The highest BCUT2D eigenvalue weighted by atomic mass is 16.6. The van der Waals surface area contributed by atoms with Gasteiger partial charge in [0.1, 0.15) is 13.2 Å². The Morgan fingerprint density at radius 1 is 1.28 bits per heavy atom. The Labute approximate surface area is 108 Å². The molecule has 1 heterocycles. The third-order valence-corrected chi connectivity index (χ3v) is 3.06. The van der Waals surface area contributed by atoms with Gasteiger partial charge in [-0.3, -0.25) is 0 Å². The van der Waals surface area contributed by atoms with E-state index in [4.69, 9.17) is 9.47 Å². The third-order valence-electron chi connectivity index (χ3n) is 3.06. The normalized spacial score (nSPS) is 15.4. The van der Waals surface area contributed by atoms with Crippen LogP contribution in [0.2, 0.25) is 0 Å². The van der Waals surface area contributed by atoms with E-state index in [2.05, 4.69) is 5.32 Å². The molecule has 1 aliphatic heterocycles. The standard InChI is InChI=1S/C14H21NO3/c1-2-12(16)5-6-15-10-11-3-4-13-14(9-11)18-8-7-17-13/h3-4,9,12,15-16H,2,5-8,10H2,1H3. The van der Waals surface area contributed by atoms with Crippen LogP contribution in [-0.2, 0) is 6.54 Å². The Bertz CT molecular complexity index is 381. The maximum atomic E-state index is 9.44. The van der Waals surface area contributed by atoms with Gasteiger partial charge < -0.3 is 19.9 Å². The predicted molar refractivity (Wildman–Crippen MR) is 70.1 cm³/mol. The van der Waals surface area contributed by atoms with Crippen LogP contribution in [0.5, 0.6) is 11.5 Å². The summed E-state index contributed by atoms with van der Waals surface area (Å²) in [6.45, 7) is 4.84. The number of aliphatic hydroxyl groups excluding tert-OH is 1. The summed E-state index contributed by atoms with van der Waals surface area (Å²) in [5.74, 6) is 1.65. The lowest BCUT2D eigenvalue weighted by Gasteiger charge is -2.19. The van der Waals surface area contributed by atoms with Gasteiger partial charge >= 0.3 is 0 Å². The summed E-state index contributed by atoms with van der Waals surface area (Å²) in [6.07, 6.45) is 1.41. The minimum absolute atomic E-state index is 0.197. The molecule has 1 unspecified atom stereocenters. The van der Waals surface area contributed by atoms with E-state index in [0.29, 0.717) is 13.2 Å². The minimum atomic E-state index is -0.197. The van der Waals surface area contributed by atoms with E-state index >= 15 is 0 Å². The third kappa shape index (κ3) is 3.62. The lowest BCUT2D eigenvalue weighted by atomic mass is 10.1. The summed E-state index contributed by atoms with van der Waals surface area (Å²) in [4.78, 5) is 0. The molecule has 1 aromatic rings. The predicted octanol–water partition coefficient (Wildman–Crippen LogP) is 1.71. The Morgan fingerprint density at radius 2 is 2.06 bits per heavy atom. The molecule has 1 atom stereocenters. The van der Waals surface area contributed by atoms with Crippen molar-refractivity contribution < 1.29 is 14.6 Å². The maximum Gasteiger partial charge on any atom is 0.161 e. The van der Waals surface area contributed by atoms with E-state index in [9.17, 15) is 5.11 Å². The molecule has 0 aliphatic carbocycles. The first-order chi connectivity index (χ1) is 8.79. The molecule has 100 valence electrons. The highest BCUT2D eigenvalue weighted by Gasteiger charge is 2.11. The molecule has 18 heavy (non-hydrogen) atoms. The first-order valence-corrected chi connectivity index (χ1v) is 6.57. The molecule has 0 spiro atoms. The Morgan fingerprint density at radius 3 is 2.83 bits per heavy atom. The summed E-state index contributed by atoms with van der Waals surface area (Å²) in [7, 11) is 0. The molecule has 2 N–H and O–H groups in total. The smallest absolute Gasteiger partial charge is 0.161 e. The molecule has 0 amide bonds. The summed E-state index contributed by atoms with van der Waals surface area (Å²) in [5, 5.41) is 12.8. The van der Waals surface area contributed by atoms with Crippen molar-refractivity contribution in [2.45, 2.75) is 32.4 Å². The SMILES string of the molecule is CCC(O)CCNCc1ccc2c(c1)OCCO2. The molecule has 4 nitrogen and oxygen atoms in total. The maximum absolute atomic E-state index is 9.44. The summed E-state index contributed by atoms with van der Waals surface area (Å²) in [6, 6.07) is 6.00. The van der Waals surface area contributed by atoms with Crippen LogP contribution in [0.25, 0.3) is 0 Å². The largest absolute Gasteiger partial charge is 0.486 e. The van der Waals surface area contributed by atoms with Crippen LogP contribution < -0.4 is 14.8 Å². The van der Waals surface area contributed by atoms with Crippen molar-refractivity contribution in [1.29, 1.82) is 0 Å². The van der Waals surface area contributed by atoms with Crippen molar-refractivity contribution in [3.8, 4) is 11.5 Å². The van der Waals surface area contributed by atoms with Gasteiger partial charge in [-0.2, -0.15) is 0 Å². The zero-order valence-electron chi connectivity index (χ0n) is 10.8. The van der Waals surface area contributed by atoms with Crippen LogP contribution in [0, 0.1) is 0 Å². The van der Waals surface area contributed by atoms with Crippen LogP contribution in [0.15, 0.2) is 18.2 Å². The average Bonchev–Trinajstić information content (AvgIpc) is 2.43. The molecule has 4 heteroatoms. The van der Waals surface area contributed by atoms with Crippen molar-refractivity contribution in [3.63, 3.8) is 0 Å². The fraction of sp³-hybridized carbons (Fsp3) is 0.571. The molecule has 0 saturated heterocycles. The fourth-order valence-electron chi connectivity index (χ4n) is 1.90. The Kier molecular flexibility index (Phi) is 4.84. The fourth-order valence-corrected chi connectivity index (χ4v) is 1.90. The van der Waals surface area contributed by atoms with E-state index in [1.54, 1.807) is 0 Å². The summed E-state index contributed by atoms with van der Waals surface area (Å²) < 4.78 is 11.0. The number of fused-ring (bicyclic) bond motifs is 1. The molecule has 0 fully saturated rings. The number of hydrogen-bond acceptors (Lipinski definition) is 4. The number of aliphatic hydroxyl groups is 1. The number of nitrogens with one attached hydrogen (secondary N) is 1. The molecule has 2 rings (SSSR count). The summed E-state index contributed by atoms with van der Waals surface area (Å²) >= 11 is 0. The molecule has 1 aliphatic rings. The molecule has 0 aromatic heterocycles. The number of rotatable bonds is 6. The van der Waals surface area contributed by atoms with Crippen molar-refractivity contribution >= 4 is 0 Å². The van der Waals surface area contributed by atoms with Gasteiger partial charge in [-0.25, -0.2) is 0 Å². The van der Waals surface area contributed by atoms with Crippen LogP contribution >= 0.6 is 0 Å².